The van der Waals surface area contributed by atoms with Crippen LogP contribution < -0.4 is 4.74 Å². The zero-order valence-electron chi connectivity index (χ0n) is 12.5. The molecule has 4 nitrogen and oxygen atoms in total. The number of nitrogens with zero attached hydrogens (tertiary/aromatic N) is 1. The van der Waals surface area contributed by atoms with Crippen molar-refractivity contribution < 1.29 is 14.6 Å². The molecule has 0 saturated carbocycles. The van der Waals surface area contributed by atoms with E-state index in [4.69, 9.17) is 4.74 Å². The maximum absolute atomic E-state index is 11.4. The van der Waals surface area contributed by atoms with E-state index in [1.165, 1.54) is 0 Å². The Labute approximate surface area is 124 Å². The summed E-state index contributed by atoms with van der Waals surface area (Å²) in [5, 5.41) is 9.31. The first-order chi connectivity index (χ1) is 10.0. The molecule has 2 rings (SSSR count). The second kappa shape index (κ2) is 6.39. The second-order valence-corrected chi connectivity index (χ2v) is 4.97. The van der Waals surface area contributed by atoms with Gasteiger partial charge in [0, 0.05) is 16.8 Å². The molecule has 1 aromatic heterocycles. The second-order valence-electron chi connectivity index (χ2n) is 4.97. The summed E-state index contributed by atoms with van der Waals surface area (Å²) < 4.78 is 5.76. The van der Waals surface area contributed by atoms with Crippen LogP contribution in [0.1, 0.15) is 39.7 Å². The minimum absolute atomic E-state index is 0.211. The van der Waals surface area contributed by atoms with Gasteiger partial charge < -0.3 is 9.84 Å². The van der Waals surface area contributed by atoms with Gasteiger partial charge in [-0.15, -0.1) is 0 Å². The summed E-state index contributed by atoms with van der Waals surface area (Å²) in [6.45, 7) is 6.03. The Morgan fingerprint density at radius 3 is 2.67 bits per heavy atom. The average molecular weight is 285 g/mol. The van der Waals surface area contributed by atoms with Crippen LogP contribution in [0, 0.1) is 13.8 Å². The highest BCUT2D eigenvalue weighted by molar-refractivity contribution is 5.89. The van der Waals surface area contributed by atoms with E-state index in [1.54, 1.807) is 12.1 Å². The van der Waals surface area contributed by atoms with Crippen LogP contribution in [-0.2, 0) is 13.0 Å². The van der Waals surface area contributed by atoms with Gasteiger partial charge in [0.25, 0.3) is 0 Å². The third-order valence-corrected chi connectivity index (χ3v) is 3.43. The summed E-state index contributed by atoms with van der Waals surface area (Å²) in [5.74, 6) is -0.380. The summed E-state index contributed by atoms with van der Waals surface area (Å²) in [6.07, 6.45) is 0.764. The number of rotatable bonds is 5. The first-order valence-corrected chi connectivity index (χ1v) is 6.94. The Hall–Kier alpha value is -2.36. The van der Waals surface area contributed by atoms with E-state index in [1.807, 2.05) is 39.0 Å². The van der Waals surface area contributed by atoms with Crippen LogP contribution >= 0.6 is 0 Å². The highest BCUT2D eigenvalue weighted by Gasteiger charge is 2.14. The van der Waals surface area contributed by atoms with Crippen molar-refractivity contribution in [2.24, 2.45) is 0 Å². The third kappa shape index (κ3) is 3.40. The van der Waals surface area contributed by atoms with Crippen LogP contribution in [0.4, 0.5) is 0 Å². The lowest BCUT2D eigenvalue weighted by molar-refractivity contribution is 0.0693. The monoisotopic (exact) mass is 285 g/mol. The van der Waals surface area contributed by atoms with Gasteiger partial charge in [0.1, 0.15) is 6.61 Å². The number of pyridine rings is 1. The molecule has 1 aromatic carbocycles. The maximum atomic E-state index is 11.4. The van der Waals surface area contributed by atoms with Crippen LogP contribution in [0.3, 0.4) is 0 Å². The number of carbonyl (C=O) groups is 1. The molecular weight excluding hydrogens is 266 g/mol. The lowest BCUT2D eigenvalue weighted by Gasteiger charge is -2.13. The van der Waals surface area contributed by atoms with Crippen LogP contribution in [0.25, 0.3) is 0 Å². The van der Waals surface area contributed by atoms with E-state index >= 15 is 0 Å². The highest BCUT2D eigenvalue weighted by Crippen LogP contribution is 2.21. The van der Waals surface area contributed by atoms with Crippen LogP contribution in [0.15, 0.2) is 30.3 Å². The van der Waals surface area contributed by atoms with Crippen molar-refractivity contribution in [3.63, 3.8) is 0 Å². The Morgan fingerprint density at radius 2 is 2.00 bits per heavy atom. The minimum Gasteiger partial charge on any atom is -0.478 e. The number of aromatic nitrogens is 1. The van der Waals surface area contributed by atoms with Gasteiger partial charge >= 0.3 is 5.97 Å². The number of carboxylic acid groups (broad SMARTS) is 1. The molecule has 1 heterocycles. The highest BCUT2D eigenvalue weighted by atomic mass is 16.5. The standard InChI is InChI=1S/C17H19NO3/c1-4-13-6-5-7-14(17(19)20)15(13)10-21-16-11(2)8-9-12(3)18-16/h5-9H,4,10H2,1-3H3,(H,19,20). The zero-order valence-corrected chi connectivity index (χ0v) is 12.5. The van der Waals surface area contributed by atoms with E-state index in [-0.39, 0.29) is 6.61 Å². The number of benzene rings is 1. The molecule has 0 aliphatic carbocycles. The predicted octanol–water partition coefficient (Wildman–Crippen LogP) is 3.54. The Kier molecular flexibility index (Phi) is 4.58. The molecule has 0 bridgehead atoms. The summed E-state index contributed by atoms with van der Waals surface area (Å²) in [6, 6.07) is 9.17. The molecule has 21 heavy (non-hydrogen) atoms. The Balaban J connectivity index is 2.31. The van der Waals surface area contributed by atoms with Gasteiger partial charge in [-0.25, -0.2) is 9.78 Å². The number of aryl methyl sites for hydroxylation is 3. The molecule has 110 valence electrons. The van der Waals surface area contributed by atoms with Crippen molar-refractivity contribution in [1.29, 1.82) is 0 Å². The van der Waals surface area contributed by atoms with Gasteiger partial charge in [-0.05, 0) is 38.0 Å². The SMILES string of the molecule is CCc1cccc(C(=O)O)c1COc1nc(C)ccc1C. The molecule has 0 aliphatic heterocycles. The number of hydrogen-bond donors (Lipinski definition) is 1. The van der Waals surface area contributed by atoms with Gasteiger partial charge in [-0.3, -0.25) is 0 Å². The van der Waals surface area contributed by atoms with E-state index < -0.39 is 5.97 Å². The van der Waals surface area contributed by atoms with E-state index in [0.717, 1.165) is 28.8 Å². The molecular formula is C17H19NO3. The van der Waals surface area contributed by atoms with Crippen molar-refractivity contribution in [2.75, 3.05) is 0 Å². The molecule has 0 radical (unpaired) electrons. The lowest BCUT2D eigenvalue weighted by Crippen LogP contribution is -2.09. The van der Waals surface area contributed by atoms with Crippen molar-refractivity contribution in [1.82, 2.24) is 4.98 Å². The molecule has 4 heteroatoms. The van der Waals surface area contributed by atoms with Gasteiger partial charge in [0.2, 0.25) is 5.88 Å². The number of aromatic carboxylic acids is 1. The van der Waals surface area contributed by atoms with Crippen LogP contribution in [0.2, 0.25) is 0 Å². The van der Waals surface area contributed by atoms with Crippen molar-refractivity contribution in [2.45, 2.75) is 33.8 Å². The fraction of sp³-hybridized carbons (Fsp3) is 0.294. The fourth-order valence-electron chi connectivity index (χ4n) is 2.23. The Morgan fingerprint density at radius 1 is 1.24 bits per heavy atom. The van der Waals surface area contributed by atoms with Gasteiger partial charge in [-0.2, -0.15) is 0 Å². The first-order valence-electron chi connectivity index (χ1n) is 6.94. The van der Waals surface area contributed by atoms with E-state index in [9.17, 15) is 9.90 Å². The smallest absolute Gasteiger partial charge is 0.336 e. The predicted molar refractivity (Wildman–Crippen MR) is 80.8 cm³/mol. The largest absolute Gasteiger partial charge is 0.478 e. The normalized spacial score (nSPS) is 10.4. The maximum Gasteiger partial charge on any atom is 0.336 e. The minimum atomic E-state index is -0.933. The number of hydrogen-bond acceptors (Lipinski definition) is 3. The fourth-order valence-corrected chi connectivity index (χ4v) is 2.23. The van der Waals surface area contributed by atoms with Crippen LogP contribution in [0.5, 0.6) is 5.88 Å². The molecule has 0 unspecified atom stereocenters. The van der Waals surface area contributed by atoms with Crippen molar-refractivity contribution in [3.05, 3.63) is 58.3 Å². The third-order valence-electron chi connectivity index (χ3n) is 3.43. The molecule has 2 aromatic rings. The molecule has 0 fully saturated rings. The molecule has 0 saturated heterocycles. The topological polar surface area (TPSA) is 59.4 Å². The molecule has 0 spiro atoms. The van der Waals surface area contributed by atoms with E-state index in [0.29, 0.717) is 11.4 Å². The molecule has 0 amide bonds. The number of ether oxygens (including phenoxy) is 1. The van der Waals surface area contributed by atoms with Gasteiger partial charge in [0.05, 0.1) is 5.56 Å². The summed E-state index contributed by atoms with van der Waals surface area (Å²) >= 11 is 0. The summed E-state index contributed by atoms with van der Waals surface area (Å²) in [7, 11) is 0. The molecule has 0 atom stereocenters. The summed E-state index contributed by atoms with van der Waals surface area (Å²) in [5.41, 5.74) is 3.80. The molecule has 1 N–H and O–H groups in total. The summed E-state index contributed by atoms with van der Waals surface area (Å²) in [4.78, 5) is 15.7. The first kappa shape index (κ1) is 15.0. The van der Waals surface area contributed by atoms with Gasteiger partial charge in [-0.1, -0.05) is 25.1 Å². The average Bonchev–Trinajstić information content (AvgIpc) is 2.47. The molecule has 0 aliphatic rings. The van der Waals surface area contributed by atoms with Crippen molar-refractivity contribution >= 4 is 5.97 Å². The van der Waals surface area contributed by atoms with E-state index in [2.05, 4.69) is 4.98 Å². The van der Waals surface area contributed by atoms with Crippen LogP contribution in [-0.4, -0.2) is 16.1 Å². The lowest BCUT2D eigenvalue weighted by atomic mass is 10.00. The van der Waals surface area contributed by atoms with Crippen molar-refractivity contribution in [3.8, 4) is 5.88 Å². The van der Waals surface area contributed by atoms with Gasteiger partial charge in [0.15, 0.2) is 0 Å². The quantitative estimate of drug-likeness (QED) is 0.912. The Bertz CT molecular complexity index is 665. The zero-order chi connectivity index (χ0) is 15.4. The number of carboxylic acids is 1.